The smallest absolute Gasteiger partial charge is 0.407 e. The summed E-state index contributed by atoms with van der Waals surface area (Å²) in [5.74, 6) is 6.60. The van der Waals surface area contributed by atoms with Crippen LogP contribution in [0.25, 0.3) is 17.0 Å². The van der Waals surface area contributed by atoms with Crippen molar-refractivity contribution in [2.24, 2.45) is 0 Å². The first-order valence-electron chi connectivity index (χ1n) is 22.7. The third-order valence-corrected chi connectivity index (χ3v) is 7.86. The van der Waals surface area contributed by atoms with Gasteiger partial charge in [0, 0.05) is 63.9 Å². The molecule has 1 aromatic heterocycles. The SMILES string of the molecule is C#C.C#C.C=C(CC)N/C(=C\C)c1ccc(C#Cc2ccc(-c3cnc(CN(CCN(C)C(=O)NC)C(=O)CNC(=O)OC)[nH]3)cc2)cc1.CC(=O)CNC=O.CCC.CCC.CCCC.COC. The van der Waals surface area contributed by atoms with Gasteiger partial charge in [-0.1, -0.05) is 123 Å². The number of hydrogen-bond acceptors (Lipinski definition) is 9. The van der Waals surface area contributed by atoms with E-state index >= 15 is 0 Å². The van der Waals surface area contributed by atoms with Gasteiger partial charge in [-0.3, -0.25) is 14.4 Å². The molecule has 0 radical (unpaired) electrons. The first-order valence-corrected chi connectivity index (χ1v) is 22.7. The van der Waals surface area contributed by atoms with Crippen molar-refractivity contribution < 1.29 is 33.4 Å². The molecule has 5 N–H and O–H groups in total. The second-order valence-electron chi connectivity index (χ2n) is 14.1. The van der Waals surface area contributed by atoms with E-state index in [1.807, 2.05) is 61.5 Å². The number of carbonyl (C=O) groups is 5. The number of aromatic amines is 1. The van der Waals surface area contributed by atoms with Crippen molar-refractivity contribution in [1.82, 2.24) is 41.0 Å². The summed E-state index contributed by atoms with van der Waals surface area (Å²) in [7, 11) is 7.64. The molecule has 69 heavy (non-hydrogen) atoms. The Morgan fingerprint density at radius 1 is 0.826 bits per heavy atom. The number of H-pyrrole nitrogens is 1. The molecule has 0 aliphatic carbocycles. The molecule has 15 nitrogen and oxygen atoms in total. The molecule has 0 bridgehead atoms. The van der Waals surface area contributed by atoms with Crippen molar-refractivity contribution in [1.29, 1.82) is 0 Å². The molecule has 0 aliphatic heterocycles. The second kappa shape index (κ2) is 50.1. The van der Waals surface area contributed by atoms with E-state index in [1.54, 1.807) is 27.5 Å². The average Bonchev–Trinajstić information content (AvgIpc) is 3.85. The Morgan fingerprint density at radius 3 is 1.71 bits per heavy atom. The first-order chi connectivity index (χ1) is 33.1. The molecule has 3 aromatic rings. The second-order valence-corrected chi connectivity index (χ2v) is 14.1. The number of allylic oxidation sites excluding steroid dienone is 2. The molecule has 1 heterocycles. The molecule has 5 amide bonds. The van der Waals surface area contributed by atoms with Gasteiger partial charge in [0.1, 0.15) is 18.2 Å². The summed E-state index contributed by atoms with van der Waals surface area (Å²) >= 11 is 0. The Balaban J connectivity index is -0.000000474. The summed E-state index contributed by atoms with van der Waals surface area (Å²) in [6.45, 7) is 22.9. The Kier molecular flexibility index (Phi) is 51.4. The van der Waals surface area contributed by atoms with E-state index in [-0.39, 0.29) is 50.4 Å². The minimum atomic E-state index is -0.706. The summed E-state index contributed by atoms with van der Waals surface area (Å²) in [5, 5.41) is 10.5. The number of terminal acetylenes is 2. The molecule has 0 atom stereocenters. The van der Waals surface area contributed by atoms with Crippen molar-refractivity contribution in [2.75, 3.05) is 61.6 Å². The number of carbonyl (C=O) groups excluding carboxylic acids is 5. The highest BCUT2D eigenvalue weighted by atomic mass is 16.5. The number of Topliss-reactive ketones (excluding diaryl/α,β-unsaturated/α-hetero) is 1. The molecule has 2 aromatic carbocycles. The Labute approximate surface area is 416 Å². The van der Waals surface area contributed by atoms with E-state index in [9.17, 15) is 24.0 Å². The van der Waals surface area contributed by atoms with Gasteiger partial charge in [0.2, 0.25) is 12.3 Å². The van der Waals surface area contributed by atoms with E-state index < -0.39 is 6.09 Å². The maximum Gasteiger partial charge on any atom is 0.407 e. The van der Waals surface area contributed by atoms with Gasteiger partial charge in [-0.05, 0) is 55.7 Å². The monoisotopic (exact) mass is 957 g/mol. The maximum absolute atomic E-state index is 12.9. The standard InChI is InChI=1S/C34H41N7O4.C4H7NO2.C4H10.2C3H8.C2H6O.2C2H2/c1-7-24(3)38-29(8-2)27-15-11-25(12-16-27)9-10-26-13-17-28(18-14-26)30-21-36-31(39-30)23-41(20-19-40(5)33(43)35-4)32(42)22-37-34(44)45-6;1-4(7)2-5-3-6;1-3-4-2;3*1-3-2;2*1-2/h8,11-18,21,38H,3,7,19-20,22-23H2,1-2,4-6H3,(H,35,43)(H,36,39)(H,37,44);3H,2H2,1H3,(H,5,6);3-4H2,1-2H3;2*3H2,1-2H3;1-2H3;2*1-2H/b29-8-;;;;;;;. The lowest BCUT2D eigenvalue weighted by atomic mass is 10.1. The average molecular weight is 957 g/mol. The first kappa shape index (κ1) is 70.7. The number of amides is 5. The fraction of sp³-hybridized carbons (Fsp3) is 0.444. The summed E-state index contributed by atoms with van der Waals surface area (Å²) in [4.78, 5) is 66.4. The van der Waals surface area contributed by atoms with Crippen molar-refractivity contribution in [3.63, 3.8) is 0 Å². The molecular formula is C54H84N8O7. The van der Waals surface area contributed by atoms with Crippen LogP contribution in [0.5, 0.6) is 0 Å². The molecule has 0 aliphatic rings. The number of ether oxygens (including phenoxy) is 2. The van der Waals surface area contributed by atoms with Gasteiger partial charge in [-0.2, -0.15) is 0 Å². The number of nitrogens with one attached hydrogen (secondary N) is 5. The van der Waals surface area contributed by atoms with Gasteiger partial charge in [-0.15, -0.1) is 25.7 Å². The van der Waals surface area contributed by atoms with Gasteiger partial charge < -0.3 is 45.5 Å². The van der Waals surface area contributed by atoms with E-state index in [0.29, 0.717) is 12.2 Å². The molecule has 382 valence electrons. The molecule has 0 spiro atoms. The number of unbranched alkanes of at least 4 members (excludes halogenated alkanes) is 1. The number of hydrogen-bond donors (Lipinski definition) is 5. The normalized spacial score (nSPS) is 8.99. The van der Waals surface area contributed by atoms with Crippen LogP contribution in [0, 0.1) is 37.5 Å². The van der Waals surface area contributed by atoms with E-state index in [0.717, 1.165) is 45.8 Å². The van der Waals surface area contributed by atoms with Crippen LogP contribution in [-0.2, 0) is 30.4 Å². The minimum Gasteiger partial charge on any atom is -0.453 e. The van der Waals surface area contributed by atoms with Crippen molar-refractivity contribution in [3.05, 3.63) is 95.6 Å². The molecule has 3 rings (SSSR count). The van der Waals surface area contributed by atoms with Gasteiger partial charge in [-0.25, -0.2) is 14.6 Å². The highest BCUT2D eigenvalue weighted by Crippen LogP contribution is 2.19. The lowest BCUT2D eigenvalue weighted by molar-refractivity contribution is -0.131. The summed E-state index contributed by atoms with van der Waals surface area (Å²) in [6.07, 6.45) is 25.5. The molecule has 0 unspecified atom stereocenters. The van der Waals surface area contributed by atoms with E-state index in [2.05, 4.69) is 133 Å². The molecule has 0 saturated carbocycles. The molecule has 0 fully saturated rings. The van der Waals surface area contributed by atoms with Gasteiger partial charge in [0.25, 0.3) is 0 Å². The number of urea groups is 1. The van der Waals surface area contributed by atoms with E-state index in [4.69, 9.17) is 0 Å². The number of aromatic nitrogens is 2. The number of ketones is 1. The number of imidazole rings is 1. The topological polar surface area (TPSA) is 187 Å². The predicted octanol–water partition coefficient (Wildman–Crippen LogP) is 9.03. The Bertz CT molecular complexity index is 1930. The van der Waals surface area contributed by atoms with Crippen molar-refractivity contribution >= 4 is 35.9 Å². The molecule has 15 heteroatoms. The number of methoxy groups -OCH3 is 2. The highest BCUT2D eigenvalue weighted by Gasteiger charge is 2.19. The number of likely N-dealkylation sites (N-methyl/N-ethyl adjacent to an activating group) is 1. The van der Waals surface area contributed by atoms with Crippen LogP contribution in [0.3, 0.4) is 0 Å². The summed E-state index contributed by atoms with van der Waals surface area (Å²) in [6, 6.07) is 15.6. The summed E-state index contributed by atoms with van der Waals surface area (Å²) in [5.41, 5.74) is 6.52. The number of rotatable bonds is 16. The van der Waals surface area contributed by atoms with Gasteiger partial charge in [0.05, 0.1) is 32.1 Å². The fourth-order valence-electron chi connectivity index (χ4n) is 4.34. The van der Waals surface area contributed by atoms with Crippen LogP contribution in [0.4, 0.5) is 9.59 Å². The van der Waals surface area contributed by atoms with Gasteiger partial charge >= 0.3 is 12.1 Å². The predicted molar refractivity (Wildman–Crippen MR) is 286 cm³/mol. The maximum atomic E-state index is 12.9. The van der Waals surface area contributed by atoms with Crippen molar-refractivity contribution in [2.45, 2.75) is 101 Å². The highest BCUT2D eigenvalue weighted by molar-refractivity contribution is 5.82. The number of benzene rings is 2. The fourth-order valence-corrected chi connectivity index (χ4v) is 4.34. The Morgan fingerprint density at radius 2 is 1.32 bits per heavy atom. The molecular weight excluding hydrogens is 873 g/mol. The molecule has 0 saturated heterocycles. The van der Waals surface area contributed by atoms with Crippen LogP contribution >= 0.6 is 0 Å². The lowest BCUT2D eigenvalue weighted by Crippen LogP contribution is -2.45. The van der Waals surface area contributed by atoms with Crippen LogP contribution < -0.4 is 21.3 Å². The largest absolute Gasteiger partial charge is 0.453 e. The zero-order valence-electron chi connectivity index (χ0n) is 44.1. The quantitative estimate of drug-likeness (QED) is 0.0690. The van der Waals surface area contributed by atoms with Crippen LogP contribution in [-0.4, -0.2) is 112 Å². The van der Waals surface area contributed by atoms with Gasteiger partial charge in [0.15, 0.2) is 0 Å². The third kappa shape index (κ3) is 38.5. The van der Waals surface area contributed by atoms with Crippen LogP contribution in [0.1, 0.15) is 117 Å². The van der Waals surface area contributed by atoms with Crippen LogP contribution in [0.2, 0.25) is 0 Å². The zero-order valence-corrected chi connectivity index (χ0v) is 44.1. The zero-order chi connectivity index (χ0) is 54.0. The number of nitrogens with zero attached hydrogens (tertiary/aromatic N) is 3. The summed E-state index contributed by atoms with van der Waals surface area (Å²) < 4.78 is 8.81. The lowest BCUT2D eigenvalue weighted by Gasteiger charge is -2.25. The number of alkyl carbamates (subject to hydrolysis) is 1. The van der Waals surface area contributed by atoms with Crippen molar-refractivity contribution in [3.8, 4) is 48.8 Å². The van der Waals surface area contributed by atoms with E-state index in [1.165, 1.54) is 56.6 Å². The van der Waals surface area contributed by atoms with Crippen LogP contribution in [0.15, 0.2) is 73.1 Å². The third-order valence-electron chi connectivity index (χ3n) is 7.86. The minimum absolute atomic E-state index is 0.0351. The Hall–Kier alpha value is -7.28.